The quantitative estimate of drug-likeness (QED) is 0.116. The van der Waals surface area contributed by atoms with E-state index in [4.69, 9.17) is 28.0 Å². The maximum atomic E-state index is 12.6. The zero-order chi connectivity index (χ0) is 23.3. The van der Waals surface area contributed by atoms with Crippen LogP contribution in [0.5, 0.6) is 0 Å². The molecule has 12 N–H and O–H groups in total. The first kappa shape index (κ1) is 26.7. The summed E-state index contributed by atoms with van der Waals surface area (Å²) in [6.45, 7) is -0.0123. The molecular weight excluding hydrogens is 402 g/mol. The Morgan fingerprint density at radius 3 is 1.70 bits per heavy atom. The van der Waals surface area contributed by atoms with Gasteiger partial charge in [0.25, 0.3) is 0 Å². The van der Waals surface area contributed by atoms with Crippen molar-refractivity contribution in [2.45, 2.75) is 50.2 Å². The van der Waals surface area contributed by atoms with Gasteiger partial charge in [-0.2, -0.15) is 0 Å². The van der Waals surface area contributed by atoms with E-state index in [2.05, 4.69) is 10.6 Å². The number of amides is 5. The van der Waals surface area contributed by atoms with E-state index >= 15 is 0 Å². The van der Waals surface area contributed by atoms with Gasteiger partial charge in [-0.15, -0.1) is 0 Å². The lowest BCUT2D eigenvalue weighted by Gasteiger charge is -2.23. The van der Waals surface area contributed by atoms with E-state index in [1.165, 1.54) is 0 Å². The van der Waals surface area contributed by atoms with Gasteiger partial charge in [0.15, 0.2) is 0 Å². The number of primary amides is 2. The first-order chi connectivity index (χ1) is 14.0. The van der Waals surface area contributed by atoms with Crippen LogP contribution < -0.4 is 38.9 Å². The minimum Gasteiger partial charge on any atom is -0.480 e. The first-order valence-electron chi connectivity index (χ1n) is 9.11. The van der Waals surface area contributed by atoms with E-state index in [9.17, 15) is 28.8 Å². The smallest absolute Gasteiger partial charge is 0.326 e. The monoisotopic (exact) mass is 431 g/mol. The van der Waals surface area contributed by atoms with Crippen molar-refractivity contribution in [3.05, 3.63) is 0 Å². The zero-order valence-corrected chi connectivity index (χ0v) is 16.4. The third kappa shape index (κ3) is 10.9. The number of hydrogen-bond acceptors (Lipinski definition) is 8. The van der Waals surface area contributed by atoms with Gasteiger partial charge in [0, 0.05) is 0 Å². The molecule has 0 spiro atoms. The summed E-state index contributed by atoms with van der Waals surface area (Å²) in [7, 11) is 0. The molecule has 3 unspecified atom stereocenters. The zero-order valence-electron chi connectivity index (χ0n) is 16.4. The van der Waals surface area contributed by atoms with Crippen molar-refractivity contribution in [2.24, 2.45) is 22.9 Å². The van der Waals surface area contributed by atoms with Gasteiger partial charge in [0.1, 0.15) is 18.1 Å². The second-order valence-corrected chi connectivity index (χ2v) is 6.41. The van der Waals surface area contributed by atoms with Crippen molar-refractivity contribution < 1.29 is 33.9 Å². The second kappa shape index (κ2) is 13.8. The van der Waals surface area contributed by atoms with Gasteiger partial charge < -0.3 is 44.0 Å². The average molecular weight is 431 g/mol. The summed E-state index contributed by atoms with van der Waals surface area (Å²) >= 11 is 0. The van der Waals surface area contributed by atoms with Crippen LogP contribution in [0.15, 0.2) is 0 Å². The van der Waals surface area contributed by atoms with Crippen LogP contribution in [-0.2, 0) is 28.8 Å². The summed E-state index contributed by atoms with van der Waals surface area (Å²) in [6, 6.07) is -4.28. The number of rotatable bonds is 15. The fourth-order valence-electron chi connectivity index (χ4n) is 2.37. The van der Waals surface area contributed by atoms with Crippen LogP contribution >= 0.6 is 0 Å². The lowest BCUT2D eigenvalue weighted by molar-refractivity contribution is -0.144. The molecule has 0 aromatic carbocycles. The minimum absolute atomic E-state index is 0.180. The summed E-state index contributed by atoms with van der Waals surface area (Å²) in [5, 5.41) is 15.7. The van der Waals surface area contributed by atoms with E-state index in [1.807, 2.05) is 5.32 Å². The van der Waals surface area contributed by atoms with E-state index in [-0.39, 0.29) is 13.0 Å². The van der Waals surface area contributed by atoms with Crippen molar-refractivity contribution in [3.8, 4) is 0 Å². The van der Waals surface area contributed by atoms with Crippen LogP contribution in [0.25, 0.3) is 0 Å². The third-order valence-electron chi connectivity index (χ3n) is 3.84. The fourth-order valence-corrected chi connectivity index (χ4v) is 2.37. The molecular formula is C16H29N7O7. The molecule has 0 saturated carbocycles. The normalized spacial score (nSPS) is 13.4. The molecule has 0 bridgehead atoms. The summed E-state index contributed by atoms with van der Waals surface area (Å²) in [5.41, 5.74) is 20.7. The molecule has 0 aliphatic rings. The highest BCUT2D eigenvalue weighted by molar-refractivity contribution is 5.96. The predicted octanol–water partition coefficient (Wildman–Crippen LogP) is -4.64. The summed E-state index contributed by atoms with van der Waals surface area (Å²) < 4.78 is 0. The highest BCUT2D eigenvalue weighted by Gasteiger charge is 2.30. The van der Waals surface area contributed by atoms with Crippen LogP contribution in [0.1, 0.15) is 32.1 Å². The summed E-state index contributed by atoms with van der Waals surface area (Å²) in [5.74, 6) is -5.98. The number of nitrogens with two attached hydrogens (primary N) is 4. The lowest BCUT2D eigenvalue weighted by Crippen LogP contribution is -2.57. The molecule has 0 aliphatic carbocycles. The Balaban J connectivity index is 5.36. The highest BCUT2D eigenvalue weighted by Crippen LogP contribution is 2.04. The molecule has 3 atom stereocenters. The summed E-state index contributed by atoms with van der Waals surface area (Å²) in [6.07, 6.45) is -0.126. The second-order valence-electron chi connectivity index (χ2n) is 6.41. The Morgan fingerprint density at radius 1 is 0.733 bits per heavy atom. The standard InChI is InChI=1S/C16H29N7O7/c17-4-2-1-3-8(21-13(26)7-18)14(27)22-9(5-11(19)24)15(28)23-10(16(29)30)6-12(20)25/h8-10H,1-7,17-18H2,(H2,19,24)(H2,20,25)(H,21,26)(H,22,27)(H,23,28)(H,29,30). The van der Waals surface area contributed by atoms with Crippen molar-refractivity contribution in [2.75, 3.05) is 13.1 Å². The third-order valence-corrected chi connectivity index (χ3v) is 3.84. The molecule has 0 aromatic heterocycles. The molecule has 14 heteroatoms. The highest BCUT2D eigenvalue weighted by atomic mass is 16.4. The van der Waals surface area contributed by atoms with Crippen molar-refractivity contribution in [1.82, 2.24) is 16.0 Å². The van der Waals surface area contributed by atoms with Crippen LogP contribution in [0.3, 0.4) is 0 Å². The largest absolute Gasteiger partial charge is 0.480 e. The maximum Gasteiger partial charge on any atom is 0.326 e. The van der Waals surface area contributed by atoms with Gasteiger partial charge in [0.2, 0.25) is 29.5 Å². The molecule has 0 fully saturated rings. The molecule has 5 amide bonds. The Hall–Kier alpha value is -3.26. The van der Waals surface area contributed by atoms with E-state index in [1.54, 1.807) is 0 Å². The van der Waals surface area contributed by atoms with Gasteiger partial charge in [-0.3, -0.25) is 24.0 Å². The Bertz CT molecular complexity index is 656. The average Bonchev–Trinajstić information content (AvgIpc) is 2.65. The predicted molar refractivity (Wildman–Crippen MR) is 103 cm³/mol. The first-order valence-corrected chi connectivity index (χ1v) is 9.11. The number of carboxylic acid groups (broad SMARTS) is 1. The number of aliphatic carboxylic acids is 1. The number of carbonyl (C=O) groups is 6. The molecule has 0 aliphatic heterocycles. The molecule has 170 valence electrons. The van der Waals surface area contributed by atoms with Crippen LogP contribution in [0.4, 0.5) is 0 Å². The molecule has 14 nitrogen and oxygen atoms in total. The van der Waals surface area contributed by atoms with Crippen molar-refractivity contribution >= 4 is 35.5 Å². The molecule has 0 heterocycles. The topological polar surface area (TPSA) is 263 Å². The van der Waals surface area contributed by atoms with E-state index in [0.717, 1.165) is 0 Å². The van der Waals surface area contributed by atoms with Gasteiger partial charge >= 0.3 is 5.97 Å². The Morgan fingerprint density at radius 2 is 1.23 bits per heavy atom. The van der Waals surface area contributed by atoms with Gasteiger partial charge in [-0.25, -0.2) is 4.79 Å². The minimum atomic E-state index is -1.67. The van der Waals surface area contributed by atoms with Crippen molar-refractivity contribution in [3.63, 3.8) is 0 Å². The molecule has 0 aromatic rings. The number of nitrogens with one attached hydrogen (secondary N) is 3. The fraction of sp³-hybridized carbons (Fsp3) is 0.625. The molecule has 0 rings (SSSR count). The SMILES string of the molecule is NCCCCC(NC(=O)CN)C(=O)NC(CC(N)=O)C(=O)NC(CC(N)=O)C(=O)O. The van der Waals surface area contributed by atoms with Crippen LogP contribution in [-0.4, -0.2) is 71.8 Å². The van der Waals surface area contributed by atoms with Crippen LogP contribution in [0.2, 0.25) is 0 Å². The van der Waals surface area contributed by atoms with Gasteiger partial charge in [-0.05, 0) is 25.8 Å². The number of unbranched alkanes of at least 4 members (excludes halogenated alkanes) is 1. The summed E-state index contributed by atoms with van der Waals surface area (Å²) in [4.78, 5) is 70.0. The number of carbonyl (C=O) groups excluding carboxylic acids is 5. The Kier molecular flexibility index (Phi) is 12.3. The number of carboxylic acids is 1. The van der Waals surface area contributed by atoms with E-state index < -0.39 is 66.5 Å². The Labute approximate surface area is 172 Å². The van der Waals surface area contributed by atoms with Crippen LogP contribution in [0, 0.1) is 0 Å². The van der Waals surface area contributed by atoms with Gasteiger partial charge in [-0.1, -0.05) is 0 Å². The van der Waals surface area contributed by atoms with Crippen molar-refractivity contribution in [1.29, 1.82) is 0 Å². The molecule has 0 radical (unpaired) electrons. The van der Waals surface area contributed by atoms with Gasteiger partial charge in [0.05, 0.1) is 19.4 Å². The maximum absolute atomic E-state index is 12.6. The lowest BCUT2D eigenvalue weighted by atomic mass is 10.1. The molecule has 30 heavy (non-hydrogen) atoms. The number of hydrogen-bond donors (Lipinski definition) is 8. The molecule has 0 saturated heterocycles. The van der Waals surface area contributed by atoms with E-state index in [0.29, 0.717) is 19.4 Å².